The third-order valence-corrected chi connectivity index (χ3v) is 10.0. The first-order valence-corrected chi connectivity index (χ1v) is 18.0. The van der Waals surface area contributed by atoms with E-state index in [1.165, 1.54) is 14.2 Å². The van der Waals surface area contributed by atoms with Crippen molar-refractivity contribution in [2.75, 3.05) is 20.8 Å². The highest BCUT2D eigenvalue weighted by Crippen LogP contribution is 2.46. The quantitative estimate of drug-likeness (QED) is 0.0900. The summed E-state index contributed by atoms with van der Waals surface area (Å²) in [5.74, 6) is -5.35. The molecule has 1 saturated carbocycles. The molecule has 56 heavy (non-hydrogen) atoms. The number of azide groups is 1. The third kappa shape index (κ3) is 9.66. The van der Waals surface area contributed by atoms with Gasteiger partial charge in [-0.25, -0.2) is 0 Å². The molecule has 0 aromatic heterocycles. The van der Waals surface area contributed by atoms with Crippen LogP contribution in [0.4, 0.5) is 0 Å². The zero-order valence-corrected chi connectivity index (χ0v) is 32.3. The fourth-order valence-electron chi connectivity index (χ4n) is 7.01. The van der Waals surface area contributed by atoms with Gasteiger partial charge in [0.05, 0.1) is 13.2 Å². The monoisotopic (exact) mass is 787 g/mol. The second-order valence-corrected chi connectivity index (χ2v) is 13.8. The van der Waals surface area contributed by atoms with E-state index < -0.39 is 103 Å². The number of methoxy groups -OCH3 is 2. The van der Waals surface area contributed by atoms with Crippen LogP contribution in [0.2, 0.25) is 0 Å². The number of benzene rings is 2. The average Bonchev–Trinajstić information content (AvgIpc) is 3.17. The molecule has 13 atom stereocenters. The standard InChI is InChI=1S/C38H49N3O15/c1-21(42)48-20-26-29(51-22(2)43)30(52-23(3)44)27(40-41-39)36(53-26)54-32-28(45)31(49-18-24-14-10-8-11-15-24)34-35(33(32)50-19-25-16-12-9-13-17-25)56-38(5,47-7)37(4,46-6)55-34/h8-17,26-36,45H,18-20H2,1-7H3/t26-,27-,28-,29+,30-,31+,32-,33+,34-,35-,36-,37?,38?/m1/s1. The number of nitrogens with zero attached hydrogens (tertiary/aromatic N) is 3. The molecule has 18 nitrogen and oxygen atoms in total. The van der Waals surface area contributed by atoms with Crippen molar-refractivity contribution in [3.05, 3.63) is 82.2 Å². The lowest BCUT2D eigenvalue weighted by Crippen LogP contribution is -2.76. The molecule has 2 aliphatic heterocycles. The van der Waals surface area contributed by atoms with Crippen molar-refractivity contribution >= 4 is 17.9 Å². The Morgan fingerprint density at radius 3 is 1.73 bits per heavy atom. The molecular formula is C38H49N3O15. The Bertz CT molecular complexity index is 1680. The Kier molecular flexibility index (Phi) is 14.4. The zero-order valence-electron chi connectivity index (χ0n) is 32.3. The first kappa shape index (κ1) is 42.9. The van der Waals surface area contributed by atoms with Crippen LogP contribution in [-0.4, -0.2) is 123 Å². The minimum Gasteiger partial charge on any atom is -0.463 e. The molecule has 0 radical (unpaired) electrons. The molecule has 2 aromatic rings. The smallest absolute Gasteiger partial charge is 0.303 e. The van der Waals surface area contributed by atoms with E-state index in [4.69, 9.17) is 52.1 Å². The number of carbonyl (C=O) groups is 3. The maximum atomic E-state index is 12.4. The highest BCUT2D eigenvalue weighted by Gasteiger charge is 2.65. The Labute approximate surface area is 324 Å². The van der Waals surface area contributed by atoms with Gasteiger partial charge in [-0.1, -0.05) is 65.8 Å². The lowest BCUT2D eigenvalue weighted by atomic mass is 9.82. The minimum atomic E-state index is -1.64. The second-order valence-electron chi connectivity index (χ2n) is 13.8. The predicted molar refractivity (Wildman–Crippen MR) is 191 cm³/mol. The van der Waals surface area contributed by atoms with E-state index in [0.717, 1.165) is 31.9 Å². The van der Waals surface area contributed by atoms with Crippen LogP contribution in [0, 0.1) is 0 Å². The van der Waals surface area contributed by atoms with Crippen LogP contribution in [-0.2, 0) is 79.7 Å². The molecule has 306 valence electrons. The first-order chi connectivity index (χ1) is 26.7. The highest BCUT2D eigenvalue weighted by atomic mass is 16.8. The van der Waals surface area contributed by atoms with E-state index in [1.54, 1.807) is 13.8 Å². The molecule has 3 fully saturated rings. The van der Waals surface area contributed by atoms with Gasteiger partial charge in [0, 0.05) is 39.9 Å². The zero-order chi connectivity index (χ0) is 40.6. The summed E-state index contributed by atoms with van der Waals surface area (Å²) in [4.78, 5) is 39.6. The van der Waals surface area contributed by atoms with Gasteiger partial charge in [-0.2, -0.15) is 0 Å². The van der Waals surface area contributed by atoms with Crippen LogP contribution >= 0.6 is 0 Å². The number of carbonyl (C=O) groups excluding carboxylic acids is 3. The summed E-state index contributed by atoms with van der Waals surface area (Å²) in [5.41, 5.74) is 11.3. The maximum Gasteiger partial charge on any atom is 0.303 e. The normalized spacial score (nSPS) is 35.3. The first-order valence-electron chi connectivity index (χ1n) is 18.0. The lowest BCUT2D eigenvalue weighted by molar-refractivity contribution is -0.475. The maximum absolute atomic E-state index is 12.4. The van der Waals surface area contributed by atoms with Crippen LogP contribution in [0.1, 0.15) is 45.7 Å². The Hall–Kier alpha value is -4.20. The predicted octanol–water partition coefficient (Wildman–Crippen LogP) is 3.26. The molecule has 0 bridgehead atoms. The summed E-state index contributed by atoms with van der Waals surface area (Å²) in [6, 6.07) is 16.9. The van der Waals surface area contributed by atoms with Crippen LogP contribution in [0.15, 0.2) is 65.8 Å². The average molecular weight is 788 g/mol. The molecule has 1 aliphatic carbocycles. The molecule has 5 rings (SSSR count). The molecule has 0 spiro atoms. The number of rotatable bonds is 15. The summed E-state index contributed by atoms with van der Waals surface area (Å²) in [7, 11) is 2.86. The number of hydrogen-bond acceptors (Lipinski definition) is 16. The lowest BCUT2D eigenvalue weighted by Gasteiger charge is -2.58. The summed E-state index contributed by atoms with van der Waals surface area (Å²) >= 11 is 0. The Morgan fingerprint density at radius 2 is 1.25 bits per heavy atom. The largest absolute Gasteiger partial charge is 0.463 e. The van der Waals surface area contributed by atoms with E-state index in [-0.39, 0.29) is 13.2 Å². The molecule has 18 heteroatoms. The van der Waals surface area contributed by atoms with Gasteiger partial charge in [-0.05, 0) is 30.5 Å². The van der Waals surface area contributed by atoms with Crippen molar-refractivity contribution < 1.29 is 71.6 Å². The van der Waals surface area contributed by atoms with E-state index in [2.05, 4.69) is 10.0 Å². The number of esters is 3. The molecule has 2 aromatic carbocycles. The van der Waals surface area contributed by atoms with Crippen molar-refractivity contribution in [3.63, 3.8) is 0 Å². The van der Waals surface area contributed by atoms with Crippen molar-refractivity contribution in [2.45, 2.75) is 127 Å². The van der Waals surface area contributed by atoms with Gasteiger partial charge < -0.3 is 57.2 Å². The van der Waals surface area contributed by atoms with E-state index in [0.29, 0.717) is 0 Å². The van der Waals surface area contributed by atoms with Gasteiger partial charge in [0.15, 0.2) is 18.5 Å². The van der Waals surface area contributed by atoms with Gasteiger partial charge in [0.2, 0.25) is 11.6 Å². The minimum absolute atomic E-state index is 0.0103. The molecule has 2 saturated heterocycles. The van der Waals surface area contributed by atoms with Gasteiger partial charge in [-0.15, -0.1) is 0 Å². The topological polar surface area (TPSA) is 222 Å². The van der Waals surface area contributed by atoms with Crippen molar-refractivity contribution in [2.24, 2.45) is 5.11 Å². The molecule has 0 amide bonds. The third-order valence-electron chi connectivity index (χ3n) is 10.0. The van der Waals surface area contributed by atoms with Crippen molar-refractivity contribution in [1.82, 2.24) is 0 Å². The van der Waals surface area contributed by atoms with Gasteiger partial charge in [-0.3, -0.25) is 14.4 Å². The van der Waals surface area contributed by atoms with E-state index >= 15 is 0 Å². The molecular weight excluding hydrogens is 738 g/mol. The fourth-order valence-corrected chi connectivity index (χ4v) is 7.01. The van der Waals surface area contributed by atoms with E-state index in [9.17, 15) is 25.0 Å². The number of aliphatic hydroxyl groups is 1. The summed E-state index contributed by atoms with van der Waals surface area (Å²) in [5, 5.41) is 16.2. The van der Waals surface area contributed by atoms with Crippen LogP contribution in [0.3, 0.4) is 0 Å². The number of aliphatic hydroxyl groups excluding tert-OH is 1. The molecule has 1 N–H and O–H groups in total. The van der Waals surface area contributed by atoms with Crippen LogP contribution < -0.4 is 0 Å². The van der Waals surface area contributed by atoms with Gasteiger partial charge in [0.1, 0.15) is 55.4 Å². The SMILES string of the molecule is COC1(C)O[C@@H]2[C@@H](OCc3ccccc3)[C@H](O[C@H]3O[C@H](COC(C)=O)[C@H](OC(C)=O)[C@H](OC(C)=O)[C@H]3N=[N+]=[N-])[C@H](O)[C@H](OCc3ccccc3)[C@H]2OC1(C)OC. The summed E-state index contributed by atoms with van der Waals surface area (Å²) in [6.07, 6.45) is -13.4. The molecule has 2 heterocycles. The Balaban J connectivity index is 1.60. The Morgan fingerprint density at radius 1 is 0.750 bits per heavy atom. The van der Waals surface area contributed by atoms with Crippen molar-refractivity contribution in [3.8, 4) is 0 Å². The van der Waals surface area contributed by atoms with Crippen LogP contribution in [0.5, 0.6) is 0 Å². The molecule has 2 unspecified atom stereocenters. The summed E-state index contributed by atoms with van der Waals surface area (Å²) < 4.78 is 67.1. The highest BCUT2D eigenvalue weighted by molar-refractivity contribution is 5.68. The summed E-state index contributed by atoms with van der Waals surface area (Å²) in [6.45, 7) is 6.21. The number of ether oxygens (including phenoxy) is 11. The van der Waals surface area contributed by atoms with Gasteiger partial charge in [0.25, 0.3) is 0 Å². The number of hydrogen-bond donors (Lipinski definition) is 1. The molecule has 3 aliphatic rings. The van der Waals surface area contributed by atoms with Gasteiger partial charge >= 0.3 is 17.9 Å². The van der Waals surface area contributed by atoms with Crippen LogP contribution in [0.25, 0.3) is 10.4 Å². The number of fused-ring (bicyclic) bond motifs is 1. The second kappa shape index (κ2) is 18.8. The van der Waals surface area contributed by atoms with E-state index in [1.807, 2.05) is 60.7 Å². The van der Waals surface area contributed by atoms with Crippen molar-refractivity contribution in [1.29, 1.82) is 0 Å². The fraction of sp³-hybridized carbons (Fsp3) is 0.605.